The molecule has 0 saturated heterocycles. The highest BCUT2D eigenvalue weighted by Gasteiger charge is 2.14. The van der Waals surface area contributed by atoms with Crippen LogP contribution in [-0.2, 0) is 0 Å². The van der Waals surface area contributed by atoms with Gasteiger partial charge in [0.05, 0.1) is 17.6 Å². The molecule has 0 bridgehead atoms. The van der Waals surface area contributed by atoms with Gasteiger partial charge in [-0.25, -0.2) is 4.68 Å². The lowest BCUT2D eigenvalue weighted by Gasteiger charge is -2.20. The van der Waals surface area contributed by atoms with E-state index >= 15 is 0 Å². The Kier molecular flexibility index (Phi) is 5.26. The van der Waals surface area contributed by atoms with Gasteiger partial charge in [-0.3, -0.25) is 0 Å². The Labute approximate surface area is 120 Å². The predicted octanol–water partition coefficient (Wildman–Crippen LogP) is 2.00. The summed E-state index contributed by atoms with van der Waals surface area (Å²) in [6.45, 7) is 7.45. The van der Waals surface area contributed by atoms with Crippen LogP contribution in [0.1, 0.15) is 32.0 Å². The van der Waals surface area contributed by atoms with Crippen LogP contribution in [0.25, 0.3) is 5.69 Å². The first kappa shape index (κ1) is 14.7. The molecule has 0 saturated carbocycles. The first-order valence-corrected chi connectivity index (χ1v) is 7.20. The van der Waals surface area contributed by atoms with Crippen LogP contribution in [0.2, 0.25) is 0 Å². The van der Waals surface area contributed by atoms with E-state index in [9.17, 15) is 0 Å². The Balaban J connectivity index is 2.08. The molecule has 0 spiro atoms. The second kappa shape index (κ2) is 7.17. The minimum Gasteiger partial charge on any atom is -0.323 e. The lowest BCUT2D eigenvalue weighted by atomic mass is 10.1. The lowest BCUT2D eigenvalue weighted by molar-refractivity contribution is 0.289. The maximum absolute atomic E-state index is 6.31. The van der Waals surface area contributed by atoms with Gasteiger partial charge in [-0.2, -0.15) is 0 Å². The summed E-state index contributed by atoms with van der Waals surface area (Å²) in [6.07, 6.45) is 2.67. The number of hydrogen-bond acceptors (Lipinski definition) is 4. The molecule has 0 fully saturated rings. The third-order valence-electron chi connectivity index (χ3n) is 3.61. The van der Waals surface area contributed by atoms with Crippen molar-refractivity contribution in [3.8, 4) is 5.69 Å². The van der Waals surface area contributed by atoms with Gasteiger partial charge < -0.3 is 10.6 Å². The van der Waals surface area contributed by atoms with Gasteiger partial charge in [-0.05, 0) is 38.2 Å². The number of hydrogen-bond donors (Lipinski definition) is 1. The smallest absolute Gasteiger partial charge is 0.0813 e. The fraction of sp³-hybridized carbons (Fsp3) is 0.467. The van der Waals surface area contributed by atoms with Crippen LogP contribution in [0.15, 0.2) is 36.5 Å². The van der Waals surface area contributed by atoms with Gasteiger partial charge in [0.1, 0.15) is 0 Å². The van der Waals surface area contributed by atoms with Crippen molar-refractivity contribution in [2.24, 2.45) is 5.73 Å². The zero-order valence-corrected chi connectivity index (χ0v) is 12.2. The first-order valence-electron chi connectivity index (χ1n) is 7.20. The van der Waals surface area contributed by atoms with E-state index in [1.165, 1.54) is 0 Å². The molecule has 1 heterocycles. The van der Waals surface area contributed by atoms with Crippen molar-refractivity contribution in [3.05, 3.63) is 42.2 Å². The molecular formula is C15H23N5. The maximum atomic E-state index is 6.31. The molecule has 0 aliphatic rings. The molecule has 2 aromatic rings. The van der Waals surface area contributed by atoms with E-state index in [0.717, 1.165) is 37.4 Å². The van der Waals surface area contributed by atoms with E-state index < -0.39 is 0 Å². The number of aromatic nitrogens is 3. The van der Waals surface area contributed by atoms with E-state index in [2.05, 4.69) is 29.1 Å². The summed E-state index contributed by atoms with van der Waals surface area (Å²) in [5.74, 6) is 0. The fourth-order valence-electron chi connectivity index (χ4n) is 2.28. The maximum Gasteiger partial charge on any atom is 0.0813 e. The Morgan fingerprint density at radius 1 is 1.20 bits per heavy atom. The second-order valence-corrected chi connectivity index (χ2v) is 4.83. The standard InChI is InChI=1S/C15H23N5/c1-3-19(4-2)11-10-14(16)15-12-17-18-20(15)13-8-6-5-7-9-13/h5-9,12,14H,3-4,10-11,16H2,1-2H3. The van der Waals surface area contributed by atoms with Crippen LogP contribution in [-0.4, -0.2) is 39.5 Å². The number of benzene rings is 1. The summed E-state index contributed by atoms with van der Waals surface area (Å²) in [5.41, 5.74) is 8.27. The predicted molar refractivity (Wildman–Crippen MR) is 80.7 cm³/mol. The normalized spacial score (nSPS) is 12.8. The fourth-order valence-corrected chi connectivity index (χ4v) is 2.28. The number of nitrogens with two attached hydrogens (primary N) is 1. The van der Waals surface area contributed by atoms with Gasteiger partial charge in [-0.15, -0.1) is 5.10 Å². The number of nitrogens with zero attached hydrogens (tertiary/aromatic N) is 4. The SMILES string of the molecule is CCN(CC)CCC(N)c1cnnn1-c1ccccc1. The van der Waals surface area contributed by atoms with E-state index in [1.807, 2.05) is 35.0 Å². The van der Waals surface area contributed by atoms with Gasteiger partial charge in [0.2, 0.25) is 0 Å². The van der Waals surface area contributed by atoms with Crippen molar-refractivity contribution in [1.82, 2.24) is 19.9 Å². The van der Waals surface area contributed by atoms with E-state index in [1.54, 1.807) is 6.20 Å². The minimum atomic E-state index is -0.0502. The first-order chi connectivity index (χ1) is 9.76. The zero-order chi connectivity index (χ0) is 14.4. The average Bonchev–Trinajstić information content (AvgIpc) is 2.98. The molecule has 5 nitrogen and oxygen atoms in total. The molecule has 1 aromatic carbocycles. The summed E-state index contributed by atoms with van der Waals surface area (Å²) in [6, 6.07) is 9.93. The van der Waals surface area contributed by atoms with Gasteiger partial charge >= 0.3 is 0 Å². The zero-order valence-electron chi connectivity index (χ0n) is 12.2. The third-order valence-corrected chi connectivity index (χ3v) is 3.61. The molecule has 0 aliphatic heterocycles. The summed E-state index contributed by atoms with van der Waals surface area (Å²) in [4.78, 5) is 2.37. The van der Waals surface area contributed by atoms with Crippen LogP contribution < -0.4 is 5.73 Å². The molecule has 108 valence electrons. The largest absolute Gasteiger partial charge is 0.323 e. The van der Waals surface area contributed by atoms with Crippen LogP contribution in [0.4, 0.5) is 0 Å². The topological polar surface area (TPSA) is 60.0 Å². The van der Waals surface area contributed by atoms with Crippen LogP contribution >= 0.6 is 0 Å². The highest BCUT2D eigenvalue weighted by atomic mass is 15.4. The number of rotatable bonds is 7. The van der Waals surface area contributed by atoms with Gasteiger partial charge in [-0.1, -0.05) is 37.3 Å². The van der Waals surface area contributed by atoms with Crippen LogP contribution in [0, 0.1) is 0 Å². The van der Waals surface area contributed by atoms with Gasteiger partial charge in [0, 0.05) is 6.04 Å². The molecule has 5 heteroatoms. The van der Waals surface area contributed by atoms with Crippen molar-refractivity contribution in [2.45, 2.75) is 26.3 Å². The quantitative estimate of drug-likeness (QED) is 0.838. The van der Waals surface area contributed by atoms with Crippen molar-refractivity contribution in [2.75, 3.05) is 19.6 Å². The molecule has 1 unspecified atom stereocenters. The molecule has 0 aliphatic carbocycles. The Morgan fingerprint density at radius 2 is 1.90 bits per heavy atom. The molecule has 20 heavy (non-hydrogen) atoms. The number of para-hydroxylation sites is 1. The summed E-state index contributed by atoms with van der Waals surface area (Å²) >= 11 is 0. The molecular weight excluding hydrogens is 250 g/mol. The van der Waals surface area contributed by atoms with E-state index in [-0.39, 0.29) is 6.04 Å². The van der Waals surface area contributed by atoms with Gasteiger partial charge in [0.25, 0.3) is 0 Å². The average molecular weight is 273 g/mol. The molecule has 0 radical (unpaired) electrons. The summed E-state index contributed by atoms with van der Waals surface area (Å²) < 4.78 is 1.83. The Morgan fingerprint density at radius 3 is 2.55 bits per heavy atom. The van der Waals surface area contributed by atoms with Crippen molar-refractivity contribution < 1.29 is 0 Å². The minimum absolute atomic E-state index is 0.0502. The Hall–Kier alpha value is -1.72. The van der Waals surface area contributed by atoms with E-state index in [0.29, 0.717) is 0 Å². The second-order valence-electron chi connectivity index (χ2n) is 4.83. The van der Waals surface area contributed by atoms with Crippen molar-refractivity contribution in [1.29, 1.82) is 0 Å². The van der Waals surface area contributed by atoms with Gasteiger partial charge in [0.15, 0.2) is 0 Å². The monoisotopic (exact) mass is 273 g/mol. The Bertz CT molecular complexity index is 504. The van der Waals surface area contributed by atoms with Crippen molar-refractivity contribution in [3.63, 3.8) is 0 Å². The highest BCUT2D eigenvalue weighted by molar-refractivity contribution is 5.32. The van der Waals surface area contributed by atoms with E-state index in [4.69, 9.17) is 5.73 Å². The van der Waals surface area contributed by atoms with Crippen molar-refractivity contribution >= 4 is 0 Å². The molecule has 2 N–H and O–H groups in total. The molecule has 2 rings (SSSR count). The van der Waals surface area contributed by atoms with Crippen LogP contribution in [0.5, 0.6) is 0 Å². The molecule has 1 atom stereocenters. The lowest BCUT2D eigenvalue weighted by Crippen LogP contribution is -2.27. The third kappa shape index (κ3) is 3.43. The summed E-state index contributed by atoms with van der Waals surface area (Å²) in [5, 5.41) is 8.15. The van der Waals surface area contributed by atoms with Crippen LogP contribution in [0.3, 0.4) is 0 Å². The molecule has 0 amide bonds. The highest BCUT2D eigenvalue weighted by Crippen LogP contribution is 2.17. The summed E-state index contributed by atoms with van der Waals surface area (Å²) in [7, 11) is 0. The molecule has 1 aromatic heterocycles.